The summed E-state index contributed by atoms with van der Waals surface area (Å²) in [6, 6.07) is 7.45. The van der Waals surface area contributed by atoms with E-state index >= 15 is 0 Å². The van der Waals surface area contributed by atoms with Crippen LogP contribution < -0.4 is 11.3 Å². The summed E-state index contributed by atoms with van der Waals surface area (Å²) in [6.07, 6.45) is 1.86. The van der Waals surface area contributed by atoms with Crippen LogP contribution in [0.1, 0.15) is 5.69 Å². The van der Waals surface area contributed by atoms with E-state index in [1.165, 1.54) is 0 Å². The number of nitrogens with zero attached hydrogens (tertiary/aromatic N) is 3. The Balaban J connectivity index is 2.41. The molecule has 0 aliphatic rings. The number of anilines is 1. The third-order valence-corrected chi connectivity index (χ3v) is 1.84. The molecular weight excluding hydrogens is 178 g/mol. The van der Waals surface area contributed by atoms with E-state index < -0.39 is 0 Å². The lowest BCUT2D eigenvalue weighted by Crippen LogP contribution is -2.09. The minimum absolute atomic E-state index is 0.621. The fraction of sp³-hybridized carbons (Fsp3) is 0.111. The van der Waals surface area contributed by atoms with E-state index in [2.05, 4.69) is 15.5 Å². The van der Waals surface area contributed by atoms with Crippen LogP contribution in [0.15, 0.2) is 30.5 Å². The molecule has 0 bridgehead atoms. The van der Waals surface area contributed by atoms with E-state index in [4.69, 9.17) is 5.84 Å². The average Bonchev–Trinajstić information content (AvgIpc) is 2.65. The van der Waals surface area contributed by atoms with E-state index in [1.807, 2.05) is 31.3 Å². The maximum absolute atomic E-state index is 5.26. The molecule has 5 heteroatoms. The van der Waals surface area contributed by atoms with Gasteiger partial charge in [-0.3, -0.25) is 0 Å². The Morgan fingerprint density at radius 2 is 2.21 bits per heavy atom. The third-order valence-electron chi connectivity index (χ3n) is 1.84. The monoisotopic (exact) mass is 189 g/mol. The van der Waals surface area contributed by atoms with Gasteiger partial charge >= 0.3 is 0 Å². The van der Waals surface area contributed by atoms with Gasteiger partial charge in [0.15, 0.2) is 5.82 Å². The van der Waals surface area contributed by atoms with Crippen LogP contribution >= 0.6 is 0 Å². The largest absolute Gasteiger partial charge is 0.308 e. The molecule has 2 rings (SSSR count). The second kappa shape index (κ2) is 3.47. The number of pyridine rings is 1. The van der Waals surface area contributed by atoms with Gasteiger partial charge in [-0.15, -0.1) is 0 Å². The smallest absolute Gasteiger partial charge is 0.155 e. The molecule has 5 nitrogen and oxygen atoms in total. The molecule has 2 heterocycles. The SMILES string of the molecule is Cc1ccn(-c2cccc(NN)n2)n1. The Labute approximate surface area is 81.5 Å². The summed E-state index contributed by atoms with van der Waals surface area (Å²) < 4.78 is 1.70. The van der Waals surface area contributed by atoms with Crippen molar-refractivity contribution in [3.05, 3.63) is 36.2 Å². The van der Waals surface area contributed by atoms with Crippen molar-refractivity contribution in [2.24, 2.45) is 5.84 Å². The van der Waals surface area contributed by atoms with Crippen LogP contribution in [0.5, 0.6) is 0 Å². The van der Waals surface area contributed by atoms with Gasteiger partial charge in [-0.25, -0.2) is 15.5 Å². The molecule has 3 N–H and O–H groups in total. The maximum Gasteiger partial charge on any atom is 0.155 e. The van der Waals surface area contributed by atoms with Gasteiger partial charge in [0.1, 0.15) is 5.82 Å². The normalized spacial score (nSPS) is 10.1. The van der Waals surface area contributed by atoms with E-state index in [0.717, 1.165) is 11.5 Å². The molecule has 14 heavy (non-hydrogen) atoms. The molecule has 0 aromatic carbocycles. The summed E-state index contributed by atoms with van der Waals surface area (Å²) in [4.78, 5) is 4.24. The fourth-order valence-corrected chi connectivity index (χ4v) is 1.17. The Kier molecular flexibility index (Phi) is 2.16. The van der Waals surface area contributed by atoms with Gasteiger partial charge in [0.05, 0.1) is 5.69 Å². The number of nitrogens with two attached hydrogens (primary N) is 1. The predicted octanol–water partition coefficient (Wildman–Crippen LogP) is 0.861. The first-order valence-corrected chi connectivity index (χ1v) is 4.26. The van der Waals surface area contributed by atoms with Crippen LogP contribution in [0.25, 0.3) is 5.82 Å². The number of nitrogen functional groups attached to an aromatic ring is 1. The van der Waals surface area contributed by atoms with Crippen molar-refractivity contribution in [3.8, 4) is 5.82 Å². The first kappa shape index (κ1) is 8.71. The summed E-state index contributed by atoms with van der Waals surface area (Å²) in [6.45, 7) is 1.93. The molecule has 0 aliphatic carbocycles. The molecule has 0 radical (unpaired) electrons. The van der Waals surface area contributed by atoms with Crippen LogP contribution in [0.4, 0.5) is 5.82 Å². The molecule has 0 amide bonds. The highest BCUT2D eigenvalue weighted by molar-refractivity contribution is 5.38. The molecule has 0 unspecified atom stereocenters. The fourth-order valence-electron chi connectivity index (χ4n) is 1.17. The van der Waals surface area contributed by atoms with Crippen molar-refractivity contribution in [3.63, 3.8) is 0 Å². The highest BCUT2D eigenvalue weighted by Crippen LogP contribution is 2.07. The number of nitrogens with one attached hydrogen (secondary N) is 1. The lowest BCUT2D eigenvalue weighted by molar-refractivity contribution is 0.833. The molecule has 0 saturated carbocycles. The van der Waals surface area contributed by atoms with Crippen LogP contribution in [-0.4, -0.2) is 14.8 Å². The first-order chi connectivity index (χ1) is 6.79. The van der Waals surface area contributed by atoms with Crippen molar-refractivity contribution < 1.29 is 0 Å². The predicted molar refractivity (Wildman–Crippen MR) is 53.9 cm³/mol. The molecule has 0 atom stereocenters. The van der Waals surface area contributed by atoms with Gasteiger partial charge in [0.2, 0.25) is 0 Å². The zero-order valence-corrected chi connectivity index (χ0v) is 7.81. The zero-order valence-electron chi connectivity index (χ0n) is 7.81. The Bertz CT molecular complexity index is 434. The number of rotatable bonds is 2. The summed E-state index contributed by atoms with van der Waals surface area (Å²) in [5.41, 5.74) is 3.45. The molecule has 2 aromatic heterocycles. The van der Waals surface area contributed by atoms with Crippen molar-refractivity contribution in [1.82, 2.24) is 14.8 Å². The van der Waals surface area contributed by atoms with Crippen LogP contribution in [0, 0.1) is 6.92 Å². The van der Waals surface area contributed by atoms with E-state index in [-0.39, 0.29) is 0 Å². The van der Waals surface area contributed by atoms with Crippen LogP contribution in [0.3, 0.4) is 0 Å². The van der Waals surface area contributed by atoms with Crippen molar-refractivity contribution >= 4 is 5.82 Å². The lowest BCUT2D eigenvalue weighted by atomic mass is 10.4. The number of aromatic nitrogens is 3. The quantitative estimate of drug-likeness (QED) is 0.543. The van der Waals surface area contributed by atoms with Gasteiger partial charge in [0, 0.05) is 6.20 Å². The van der Waals surface area contributed by atoms with Crippen molar-refractivity contribution in [2.75, 3.05) is 5.43 Å². The van der Waals surface area contributed by atoms with Gasteiger partial charge < -0.3 is 5.43 Å². The highest BCUT2D eigenvalue weighted by Gasteiger charge is 1.99. The van der Waals surface area contributed by atoms with E-state index in [9.17, 15) is 0 Å². The van der Waals surface area contributed by atoms with Gasteiger partial charge in [-0.05, 0) is 25.1 Å². The summed E-state index contributed by atoms with van der Waals surface area (Å²) >= 11 is 0. The minimum Gasteiger partial charge on any atom is -0.308 e. The number of hydrogen-bond acceptors (Lipinski definition) is 4. The molecule has 2 aromatic rings. The standard InChI is InChI=1S/C9H11N5/c1-7-5-6-14(13-7)9-4-2-3-8(11-9)12-10/h2-6H,10H2,1H3,(H,11,12). The number of aryl methyl sites for hydroxylation is 1. The van der Waals surface area contributed by atoms with Gasteiger partial charge in [-0.2, -0.15) is 5.10 Å². The van der Waals surface area contributed by atoms with Crippen molar-refractivity contribution in [2.45, 2.75) is 6.92 Å². The van der Waals surface area contributed by atoms with Crippen LogP contribution in [-0.2, 0) is 0 Å². The van der Waals surface area contributed by atoms with Gasteiger partial charge in [0.25, 0.3) is 0 Å². The summed E-state index contributed by atoms with van der Waals surface area (Å²) in [5, 5.41) is 4.24. The second-order valence-corrected chi connectivity index (χ2v) is 2.93. The van der Waals surface area contributed by atoms with E-state index in [0.29, 0.717) is 5.82 Å². The summed E-state index contributed by atoms with van der Waals surface area (Å²) in [5.74, 6) is 6.62. The second-order valence-electron chi connectivity index (χ2n) is 2.93. The zero-order chi connectivity index (χ0) is 9.97. The van der Waals surface area contributed by atoms with Crippen LogP contribution in [0.2, 0.25) is 0 Å². The molecular formula is C9H11N5. The highest BCUT2D eigenvalue weighted by atomic mass is 15.3. The minimum atomic E-state index is 0.621. The summed E-state index contributed by atoms with van der Waals surface area (Å²) in [7, 11) is 0. The lowest BCUT2D eigenvalue weighted by Gasteiger charge is -2.02. The maximum atomic E-state index is 5.26. The van der Waals surface area contributed by atoms with Crippen molar-refractivity contribution in [1.29, 1.82) is 0 Å². The topological polar surface area (TPSA) is 68.8 Å². The van der Waals surface area contributed by atoms with Gasteiger partial charge in [-0.1, -0.05) is 6.07 Å². The molecule has 72 valence electrons. The molecule has 0 aliphatic heterocycles. The Hall–Kier alpha value is -1.88. The number of hydrogen-bond donors (Lipinski definition) is 2. The third kappa shape index (κ3) is 1.57. The molecule has 0 fully saturated rings. The molecule has 0 saturated heterocycles. The Morgan fingerprint density at radius 1 is 1.36 bits per heavy atom. The molecule has 0 spiro atoms. The first-order valence-electron chi connectivity index (χ1n) is 4.26. The average molecular weight is 189 g/mol. The number of hydrazine groups is 1. The van der Waals surface area contributed by atoms with E-state index in [1.54, 1.807) is 10.7 Å². The Morgan fingerprint density at radius 3 is 2.86 bits per heavy atom.